The van der Waals surface area contributed by atoms with Gasteiger partial charge in [-0.15, -0.1) is 6.58 Å². The van der Waals surface area contributed by atoms with Gasteiger partial charge in [0, 0.05) is 11.1 Å². The Balaban J connectivity index is 3.12. The van der Waals surface area contributed by atoms with Gasteiger partial charge in [0.15, 0.2) is 0 Å². The van der Waals surface area contributed by atoms with Crippen LogP contribution in [0.4, 0.5) is 0 Å². The van der Waals surface area contributed by atoms with Gasteiger partial charge in [-0.3, -0.25) is 0 Å². The second kappa shape index (κ2) is 3.61. The van der Waals surface area contributed by atoms with Crippen molar-refractivity contribution in [3.8, 4) is 5.75 Å². The van der Waals surface area contributed by atoms with Crippen LogP contribution in [0.5, 0.6) is 5.75 Å². The maximum atomic E-state index is 9.13. The van der Waals surface area contributed by atoms with E-state index in [2.05, 4.69) is 6.58 Å². The molecular formula is C9H10ClNO. The molecule has 1 atom stereocenters. The van der Waals surface area contributed by atoms with Crippen molar-refractivity contribution < 1.29 is 5.11 Å². The van der Waals surface area contributed by atoms with Gasteiger partial charge in [-0.25, -0.2) is 0 Å². The molecule has 1 unspecified atom stereocenters. The van der Waals surface area contributed by atoms with Crippen molar-refractivity contribution in [1.29, 1.82) is 0 Å². The second-order valence-corrected chi connectivity index (χ2v) is 2.87. The minimum Gasteiger partial charge on any atom is -0.508 e. The van der Waals surface area contributed by atoms with E-state index in [1.165, 1.54) is 12.1 Å². The van der Waals surface area contributed by atoms with Crippen molar-refractivity contribution in [3.63, 3.8) is 0 Å². The fourth-order valence-corrected chi connectivity index (χ4v) is 1.16. The highest BCUT2D eigenvalue weighted by molar-refractivity contribution is 6.31. The monoisotopic (exact) mass is 183 g/mol. The van der Waals surface area contributed by atoms with Crippen LogP contribution in [0.2, 0.25) is 5.02 Å². The third kappa shape index (κ3) is 1.78. The molecule has 0 spiro atoms. The van der Waals surface area contributed by atoms with Gasteiger partial charge in [0.1, 0.15) is 5.75 Å². The standard InChI is InChI=1S/C9H10ClNO/c1-2-9(11)7-5-6(12)3-4-8(7)10/h2-5,9,12H,1,11H2. The number of hydrogen-bond donors (Lipinski definition) is 2. The molecule has 64 valence electrons. The summed E-state index contributed by atoms with van der Waals surface area (Å²) >= 11 is 5.83. The van der Waals surface area contributed by atoms with Gasteiger partial charge < -0.3 is 10.8 Å². The van der Waals surface area contributed by atoms with Gasteiger partial charge in [-0.05, 0) is 23.8 Å². The highest BCUT2D eigenvalue weighted by Crippen LogP contribution is 2.25. The zero-order valence-corrected chi connectivity index (χ0v) is 7.25. The third-order valence-corrected chi connectivity index (χ3v) is 1.94. The lowest BCUT2D eigenvalue weighted by Crippen LogP contribution is -2.06. The minimum atomic E-state index is -0.329. The summed E-state index contributed by atoms with van der Waals surface area (Å²) in [6.07, 6.45) is 1.57. The highest BCUT2D eigenvalue weighted by atomic mass is 35.5. The summed E-state index contributed by atoms with van der Waals surface area (Å²) in [6.45, 7) is 3.54. The Morgan fingerprint density at radius 2 is 2.25 bits per heavy atom. The van der Waals surface area contributed by atoms with Crippen LogP contribution >= 0.6 is 11.6 Å². The summed E-state index contributed by atoms with van der Waals surface area (Å²) in [5.74, 6) is 0.159. The molecule has 0 aromatic heterocycles. The molecule has 0 heterocycles. The normalized spacial score (nSPS) is 12.5. The molecule has 0 aliphatic heterocycles. The lowest BCUT2D eigenvalue weighted by Gasteiger charge is -2.08. The topological polar surface area (TPSA) is 46.2 Å². The Labute approximate surface area is 76.3 Å². The van der Waals surface area contributed by atoms with Crippen molar-refractivity contribution >= 4 is 11.6 Å². The molecule has 0 aliphatic rings. The Morgan fingerprint density at radius 3 is 2.83 bits per heavy atom. The predicted molar refractivity (Wildman–Crippen MR) is 50.2 cm³/mol. The molecule has 0 fully saturated rings. The molecule has 1 rings (SSSR count). The van der Waals surface area contributed by atoms with Crippen molar-refractivity contribution in [2.24, 2.45) is 5.73 Å². The molecule has 3 heteroatoms. The number of rotatable bonds is 2. The Bertz CT molecular complexity index is 299. The molecule has 1 aromatic rings. The van der Waals surface area contributed by atoms with Crippen LogP contribution < -0.4 is 5.73 Å². The van der Waals surface area contributed by atoms with Gasteiger partial charge in [-0.1, -0.05) is 17.7 Å². The van der Waals surface area contributed by atoms with Gasteiger partial charge >= 0.3 is 0 Å². The number of phenolic OH excluding ortho intramolecular Hbond substituents is 1. The van der Waals surface area contributed by atoms with E-state index in [0.29, 0.717) is 10.6 Å². The Morgan fingerprint density at radius 1 is 1.58 bits per heavy atom. The summed E-state index contributed by atoms with van der Waals surface area (Å²) in [7, 11) is 0. The molecule has 12 heavy (non-hydrogen) atoms. The first kappa shape index (κ1) is 9.10. The number of hydrogen-bond acceptors (Lipinski definition) is 2. The van der Waals surface area contributed by atoms with Crippen LogP contribution in [0.15, 0.2) is 30.9 Å². The van der Waals surface area contributed by atoms with Gasteiger partial charge in [0.2, 0.25) is 0 Å². The molecule has 3 N–H and O–H groups in total. The van der Waals surface area contributed by atoms with Gasteiger partial charge in [0.05, 0.1) is 0 Å². The smallest absolute Gasteiger partial charge is 0.116 e. The summed E-state index contributed by atoms with van der Waals surface area (Å²) in [4.78, 5) is 0. The number of nitrogens with two attached hydrogens (primary N) is 1. The van der Waals surface area contributed by atoms with Crippen molar-refractivity contribution in [2.75, 3.05) is 0 Å². The van der Waals surface area contributed by atoms with E-state index >= 15 is 0 Å². The van der Waals surface area contributed by atoms with Crippen LogP contribution in [0.3, 0.4) is 0 Å². The van der Waals surface area contributed by atoms with E-state index in [0.717, 1.165) is 0 Å². The van der Waals surface area contributed by atoms with Crippen LogP contribution in [0.25, 0.3) is 0 Å². The predicted octanol–water partition coefficient (Wildman–Crippen LogP) is 2.23. The largest absolute Gasteiger partial charge is 0.508 e. The SMILES string of the molecule is C=CC(N)c1cc(O)ccc1Cl. The lowest BCUT2D eigenvalue weighted by atomic mass is 10.1. The van der Waals surface area contributed by atoms with Crippen molar-refractivity contribution in [3.05, 3.63) is 41.4 Å². The molecule has 0 aliphatic carbocycles. The van der Waals surface area contributed by atoms with E-state index in [1.54, 1.807) is 12.1 Å². The summed E-state index contributed by atoms with van der Waals surface area (Å²) < 4.78 is 0. The summed E-state index contributed by atoms with van der Waals surface area (Å²) in [5, 5.41) is 9.68. The molecule has 0 bridgehead atoms. The molecule has 0 radical (unpaired) electrons. The first-order valence-electron chi connectivity index (χ1n) is 3.51. The van der Waals surface area contributed by atoms with E-state index in [4.69, 9.17) is 22.4 Å². The average Bonchev–Trinajstić information content (AvgIpc) is 2.08. The molecule has 2 nitrogen and oxygen atoms in total. The first-order chi connectivity index (χ1) is 5.65. The number of aromatic hydroxyl groups is 1. The van der Waals surface area contributed by atoms with Crippen LogP contribution in [0.1, 0.15) is 11.6 Å². The third-order valence-electron chi connectivity index (χ3n) is 1.59. The van der Waals surface area contributed by atoms with E-state index in [1.807, 2.05) is 0 Å². The maximum Gasteiger partial charge on any atom is 0.116 e. The number of phenols is 1. The fraction of sp³-hybridized carbons (Fsp3) is 0.111. The lowest BCUT2D eigenvalue weighted by molar-refractivity contribution is 0.474. The van der Waals surface area contributed by atoms with Crippen molar-refractivity contribution in [2.45, 2.75) is 6.04 Å². The molecule has 0 saturated carbocycles. The quantitative estimate of drug-likeness (QED) is 0.691. The average molecular weight is 184 g/mol. The van der Waals surface area contributed by atoms with Crippen LogP contribution in [-0.2, 0) is 0 Å². The zero-order chi connectivity index (χ0) is 9.14. The fourth-order valence-electron chi connectivity index (χ4n) is 0.914. The van der Waals surface area contributed by atoms with E-state index in [9.17, 15) is 0 Å². The number of benzene rings is 1. The van der Waals surface area contributed by atoms with Crippen LogP contribution in [0, 0.1) is 0 Å². The highest BCUT2D eigenvalue weighted by Gasteiger charge is 2.06. The minimum absolute atomic E-state index is 0.159. The first-order valence-corrected chi connectivity index (χ1v) is 3.89. The maximum absolute atomic E-state index is 9.13. The Kier molecular flexibility index (Phi) is 2.74. The van der Waals surface area contributed by atoms with E-state index in [-0.39, 0.29) is 11.8 Å². The van der Waals surface area contributed by atoms with Crippen LogP contribution in [-0.4, -0.2) is 5.11 Å². The zero-order valence-electron chi connectivity index (χ0n) is 6.50. The molecule has 0 amide bonds. The second-order valence-electron chi connectivity index (χ2n) is 2.47. The molecular weight excluding hydrogens is 174 g/mol. The molecule has 1 aromatic carbocycles. The Hall–Kier alpha value is -0.990. The van der Waals surface area contributed by atoms with Gasteiger partial charge in [0.25, 0.3) is 0 Å². The number of halogens is 1. The van der Waals surface area contributed by atoms with Gasteiger partial charge in [-0.2, -0.15) is 0 Å². The summed E-state index contributed by atoms with van der Waals surface area (Å²) in [5.41, 5.74) is 6.34. The van der Waals surface area contributed by atoms with Crippen molar-refractivity contribution in [1.82, 2.24) is 0 Å². The molecule has 0 saturated heterocycles. The summed E-state index contributed by atoms with van der Waals surface area (Å²) in [6, 6.07) is 4.33. The van der Waals surface area contributed by atoms with E-state index < -0.39 is 0 Å².